The van der Waals surface area contributed by atoms with Crippen LogP contribution < -0.4 is 0 Å². The van der Waals surface area contributed by atoms with Gasteiger partial charge in [-0.05, 0) is 35.8 Å². The van der Waals surface area contributed by atoms with Crippen molar-refractivity contribution < 1.29 is 19.1 Å². The number of hydrogen-bond donors (Lipinski definition) is 0. The van der Waals surface area contributed by atoms with Crippen LogP contribution in [-0.2, 0) is 20.7 Å². The summed E-state index contributed by atoms with van der Waals surface area (Å²) in [5.74, 6) is -0.490. The monoisotopic (exact) mass is 358 g/mol. The molecule has 2 amide bonds. The highest BCUT2D eigenvalue weighted by Gasteiger charge is 2.47. The van der Waals surface area contributed by atoms with Crippen LogP contribution in [0.5, 0.6) is 0 Å². The number of benzene rings is 1. The van der Waals surface area contributed by atoms with E-state index in [2.05, 4.69) is 10.0 Å². The molecule has 3 rings (SSSR count). The van der Waals surface area contributed by atoms with Crippen molar-refractivity contribution in [1.29, 1.82) is 0 Å². The summed E-state index contributed by atoms with van der Waals surface area (Å²) in [5.41, 5.74) is 9.45. The lowest BCUT2D eigenvalue weighted by atomic mass is 9.75. The van der Waals surface area contributed by atoms with Gasteiger partial charge in [-0.1, -0.05) is 42.4 Å². The minimum atomic E-state index is -0.958. The number of hydrogen-bond acceptors (Lipinski definition) is 5. The fourth-order valence-corrected chi connectivity index (χ4v) is 3.55. The number of carbonyl (C=O) groups excluding carboxylic acids is 2. The molecule has 0 saturated carbocycles. The lowest BCUT2D eigenvalue weighted by molar-refractivity contribution is -0.135. The molecular formula is C18H22N4O4. The van der Waals surface area contributed by atoms with Gasteiger partial charge in [0.05, 0.1) is 6.04 Å². The van der Waals surface area contributed by atoms with Crippen LogP contribution in [0.4, 0.5) is 4.79 Å². The van der Waals surface area contributed by atoms with Gasteiger partial charge in [-0.15, -0.1) is 0 Å². The second-order valence-electron chi connectivity index (χ2n) is 7.00. The van der Waals surface area contributed by atoms with Crippen LogP contribution in [0.2, 0.25) is 0 Å². The molecule has 2 fully saturated rings. The zero-order valence-electron chi connectivity index (χ0n) is 14.7. The number of ether oxygens (including phenoxy) is 2. The van der Waals surface area contributed by atoms with E-state index in [0.29, 0.717) is 32.5 Å². The first-order valence-corrected chi connectivity index (χ1v) is 8.71. The average Bonchev–Trinajstić information content (AvgIpc) is 3.01. The highest BCUT2D eigenvalue weighted by atomic mass is 16.6. The zero-order chi connectivity index (χ0) is 18.6. The number of nitrogens with zero attached hydrogens (tertiary/aromatic N) is 4. The summed E-state index contributed by atoms with van der Waals surface area (Å²) >= 11 is 0. The van der Waals surface area contributed by atoms with Gasteiger partial charge in [0, 0.05) is 18.1 Å². The van der Waals surface area contributed by atoms with E-state index < -0.39 is 29.5 Å². The zero-order valence-corrected chi connectivity index (χ0v) is 14.7. The van der Waals surface area contributed by atoms with Crippen LogP contribution in [0.15, 0.2) is 35.4 Å². The second kappa shape index (κ2) is 7.76. The van der Waals surface area contributed by atoms with Crippen molar-refractivity contribution in [2.24, 2.45) is 10.5 Å². The smallest absolute Gasteiger partial charge is 0.416 e. The largest absolute Gasteiger partial charge is 0.447 e. The Hall–Kier alpha value is -2.57. The molecule has 0 radical (unpaired) electrons. The molecule has 2 saturated heterocycles. The normalized spacial score (nSPS) is 23.0. The number of carbonyl (C=O) groups is 2. The molecule has 2 heterocycles. The number of cyclic esters (lactones) is 1. The van der Waals surface area contributed by atoms with Gasteiger partial charge >= 0.3 is 6.09 Å². The summed E-state index contributed by atoms with van der Waals surface area (Å²) in [4.78, 5) is 29.4. The number of imide groups is 1. The summed E-state index contributed by atoms with van der Waals surface area (Å²) in [6.45, 7) is 3.04. The third-order valence-corrected chi connectivity index (χ3v) is 5.21. The molecule has 1 aromatic carbocycles. The van der Waals surface area contributed by atoms with Crippen molar-refractivity contribution >= 4 is 12.0 Å². The van der Waals surface area contributed by atoms with Crippen molar-refractivity contribution in [3.05, 3.63) is 46.3 Å². The summed E-state index contributed by atoms with van der Waals surface area (Å²) in [6.07, 6.45) is 1.01. The third kappa shape index (κ3) is 3.66. The maximum Gasteiger partial charge on any atom is 0.416 e. The summed E-state index contributed by atoms with van der Waals surface area (Å²) < 4.78 is 10.5. The first kappa shape index (κ1) is 18.2. The van der Waals surface area contributed by atoms with Crippen LogP contribution in [0.25, 0.3) is 10.4 Å². The Balaban J connectivity index is 1.84. The van der Waals surface area contributed by atoms with E-state index in [1.54, 1.807) is 0 Å². The molecule has 2 aliphatic rings. The van der Waals surface area contributed by atoms with Crippen molar-refractivity contribution in [1.82, 2.24) is 4.90 Å². The Kier molecular flexibility index (Phi) is 5.44. The van der Waals surface area contributed by atoms with Crippen molar-refractivity contribution in [3.63, 3.8) is 0 Å². The fraction of sp³-hybridized carbons (Fsp3) is 0.556. The quantitative estimate of drug-likeness (QED) is 0.458. The summed E-state index contributed by atoms with van der Waals surface area (Å²) in [7, 11) is 0. The first-order valence-electron chi connectivity index (χ1n) is 8.71. The van der Waals surface area contributed by atoms with Gasteiger partial charge < -0.3 is 9.47 Å². The van der Waals surface area contributed by atoms with E-state index in [1.165, 1.54) is 0 Å². The predicted octanol–water partition coefficient (Wildman–Crippen LogP) is 3.07. The van der Waals surface area contributed by atoms with Gasteiger partial charge in [0.25, 0.3) is 0 Å². The Morgan fingerprint density at radius 2 is 2.08 bits per heavy atom. The molecule has 138 valence electrons. The van der Waals surface area contributed by atoms with Crippen LogP contribution in [0, 0.1) is 5.41 Å². The maximum atomic E-state index is 13.2. The Labute approximate surface area is 151 Å². The lowest BCUT2D eigenvalue weighted by Gasteiger charge is -2.38. The molecule has 0 aliphatic carbocycles. The molecule has 0 aromatic heterocycles. The highest BCUT2D eigenvalue weighted by Crippen LogP contribution is 2.37. The van der Waals surface area contributed by atoms with Gasteiger partial charge in [0.15, 0.2) is 0 Å². The summed E-state index contributed by atoms with van der Waals surface area (Å²) in [5, 5.41) is 3.77. The molecule has 8 heteroatoms. The molecule has 0 spiro atoms. The molecule has 2 aliphatic heterocycles. The van der Waals surface area contributed by atoms with E-state index in [4.69, 9.17) is 15.0 Å². The molecule has 2 atom stereocenters. The minimum Gasteiger partial charge on any atom is -0.447 e. The van der Waals surface area contributed by atoms with Gasteiger partial charge in [0.1, 0.15) is 12.6 Å². The van der Waals surface area contributed by atoms with E-state index in [1.807, 2.05) is 37.3 Å². The number of azide groups is 1. The Morgan fingerprint density at radius 3 is 2.73 bits per heavy atom. The molecule has 8 nitrogen and oxygen atoms in total. The molecule has 0 N–H and O–H groups in total. The van der Waals surface area contributed by atoms with Crippen LogP contribution in [0.1, 0.15) is 25.3 Å². The molecular weight excluding hydrogens is 336 g/mol. The number of rotatable bonds is 5. The molecule has 26 heavy (non-hydrogen) atoms. The van der Waals surface area contributed by atoms with E-state index in [0.717, 1.165) is 10.5 Å². The van der Waals surface area contributed by atoms with E-state index in [9.17, 15) is 9.59 Å². The lowest BCUT2D eigenvalue weighted by Crippen LogP contribution is -2.51. The van der Waals surface area contributed by atoms with E-state index >= 15 is 0 Å². The Bertz CT molecular complexity index is 711. The van der Waals surface area contributed by atoms with Gasteiger partial charge in [-0.2, -0.15) is 0 Å². The second-order valence-corrected chi connectivity index (χ2v) is 7.00. The number of amides is 2. The van der Waals surface area contributed by atoms with Gasteiger partial charge in [0.2, 0.25) is 5.91 Å². The van der Waals surface area contributed by atoms with Crippen LogP contribution >= 0.6 is 0 Å². The molecule has 0 unspecified atom stereocenters. The predicted molar refractivity (Wildman–Crippen MR) is 93.2 cm³/mol. The standard InChI is InChI=1S/C18H22N4O4/c1-18(7-9-25-10-8-18)15(20-21-19)16(23)22-14(12-26-17(22)24)11-13-5-3-2-4-6-13/h2-6,14-15H,7-12H2,1H3/t14-,15+/m0/s1. The first-order chi connectivity index (χ1) is 12.5. The van der Waals surface area contributed by atoms with Crippen molar-refractivity contribution in [2.45, 2.75) is 38.3 Å². The van der Waals surface area contributed by atoms with Crippen LogP contribution in [-0.4, -0.2) is 48.8 Å². The summed E-state index contributed by atoms with van der Waals surface area (Å²) in [6, 6.07) is 8.24. The van der Waals surface area contributed by atoms with Crippen molar-refractivity contribution in [3.8, 4) is 0 Å². The molecule has 0 bridgehead atoms. The van der Waals surface area contributed by atoms with Crippen LogP contribution in [0.3, 0.4) is 0 Å². The molecule has 1 aromatic rings. The highest BCUT2D eigenvalue weighted by molar-refractivity contribution is 5.97. The third-order valence-electron chi connectivity index (χ3n) is 5.21. The topological polar surface area (TPSA) is 105 Å². The van der Waals surface area contributed by atoms with Gasteiger partial charge in [-0.3, -0.25) is 4.79 Å². The fourth-order valence-electron chi connectivity index (χ4n) is 3.55. The Morgan fingerprint density at radius 1 is 1.38 bits per heavy atom. The average molecular weight is 358 g/mol. The van der Waals surface area contributed by atoms with E-state index in [-0.39, 0.29) is 6.61 Å². The minimum absolute atomic E-state index is 0.141. The maximum absolute atomic E-state index is 13.2. The van der Waals surface area contributed by atoms with Gasteiger partial charge in [-0.25, -0.2) is 9.69 Å². The van der Waals surface area contributed by atoms with Crippen molar-refractivity contribution in [2.75, 3.05) is 19.8 Å². The SMILES string of the molecule is CC1([C@H](N=[N+]=[N-])C(=O)N2C(=O)OC[C@@H]2Cc2ccccc2)CCOCC1.